The van der Waals surface area contributed by atoms with E-state index in [0.29, 0.717) is 19.0 Å². The van der Waals surface area contributed by atoms with Crippen LogP contribution in [0.2, 0.25) is 0 Å². The van der Waals surface area contributed by atoms with Crippen molar-refractivity contribution < 1.29 is 24.2 Å². The summed E-state index contributed by atoms with van der Waals surface area (Å²) in [4.78, 5) is 24.4. The zero-order valence-corrected chi connectivity index (χ0v) is 12.9. The fraction of sp³-hybridized carbons (Fsp3) is 0.857. The summed E-state index contributed by atoms with van der Waals surface area (Å²) >= 11 is 0. The Labute approximate surface area is 121 Å². The number of carbonyl (C=O) groups is 2. The molecule has 118 valence electrons. The number of rotatable bonds is 10. The van der Waals surface area contributed by atoms with Crippen LogP contribution in [0.5, 0.6) is 0 Å². The highest BCUT2D eigenvalue weighted by molar-refractivity contribution is 5.70. The van der Waals surface area contributed by atoms with Crippen molar-refractivity contribution in [3.8, 4) is 0 Å². The first-order chi connectivity index (χ1) is 9.44. The summed E-state index contributed by atoms with van der Waals surface area (Å²) in [5, 5.41) is 9.52. The summed E-state index contributed by atoms with van der Waals surface area (Å²) in [5.41, 5.74) is 0. The van der Waals surface area contributed by atoms with Crippen LogP contribution in [0.4, 0.5) is 0 Å². The van der Waals surface area contributed by atoms with Crippen LogP contribution in [0.15, 0.2) is 0 Å². The van der Waals surface area contributed by atoms with E-state index in [1.165, 1.54) is 14.2 Å². The smallest absolute Gasteiger partial charge is 0.306 e. The lowest BCUT2D eigenvalue weighted by Gasteiger charge is -2.31. The Hall–Kier alpha value is -1.14. The molecule has 0 aliphatic rings. The highest BCUT2D eigenvalue weighted by Gasteiger charge is 2.20. The van der Waals surface area contributed by atoms with Gasteiger partial charge in [-0.3, -0.25) is 14.5 Å². The summed E-state index contributed by atoms with van der Waals surface area (Å²) in [7, 11) is 2.69. The van der Waals surface area contributed by atoms with Gasteiger partial charge >= 0.3 is 11.9 Å². The Morgan fingerprint density at radius 1 is 1.05 bits per heavy atom. The van der Waals surface area contributed by atoms with E-state index in [1.807, 2.05) is 4.90 Å². The van der Waals surface area contributed by atoms with Gasteiger partial charge < -0.3 is 14.6 Å². The van der Waals surface area contributed by atoms with Gasteiger partial charge in [-0.05, 0) is 12.3 Å². The van der Waals surface area contributed by atoms with Crippen molar-refractivity contribution in [2.24, 2.45) is 5.92 Å². The molecule has 0 saturated heterocycles. The monoisotopic (exact) mass is 289 g/mol. The number of nitrogens with zero attached hydrogens (tertiary/aromatic N) is 1. The Bertz CT molecular complexity index is 273. The number of carbonyl (C=O) groups excluding carboxylic acids is 2. The van der Waals surface area contributed by atoms with Gasteiger partial charge in [-0.15, -0.1) is 0 Å². The van der Waals surface area contributed by atoms with E-state index in [0.717, 1.165) is 6.42 Å². The van der Waals surface area contributed by atoms with E-state index in [-0.39, 0.29) is 37.4 Å². The molecular formula is C14H27NO5. The molecule has 0 aromatic rings. The maximum Gasteiger partial charge on any atom is 0.306 e. The van der Waals surface area contributed by atoms with Crippen molar-refractivity contribution in [1.29, 1.82) is 0 Å². The maximum absolute atomic E-state index is 11.2. The van der Waals surface area contributed by atoms with E-state index < -0.39 is 0 Å². The van der Waals surface area contributed by atoms with Gasteiger partial charge in [0.25, 0.3) is 0 Å². The second-order valence-electron chi connectivity index (χ2n) is 5.15. The first-order valence-corrected chi connectivity index (χ1v) is 6.93. The number of hydrogen-bond donors (Lipinski definition) is 1. The third-order valence-electron chi connectivity index (χ3n) is 3.13. The van der Waals surface area contributed by atoms with Gasteiger partial charge in [0.1, 0.15) is 0 Å². The molecule has 6 nitrogen and oxygen atoms in total. The minimum atomic E-state index is -0.297. The standard InChI is InChI=1S/C14H27NO5/c1-11(2)9-12(10-16)15(7-5-13(17)19-3)8-6-14(18)20-4/h11-12,16H,5-10H2,1-4H3/t12-/m0/s1. The van der Waals surface area contributed by atoms with Gasteiger partial charge in [-0.1, -0.05) is 13.8 Å². The predicted octanol–water partition coefficient (Wildman–Crippen LogP) is 0.822. The summed E-state index contributed by atoms with van der Waals surface area (Å²) in [6.45, 7) is 5.06. The average molecular weight is 289 g/mol. The Kier molecular flexibility index (Phi) is 10.0. The quantitative estimate of drug-likeness (QED) is 0.600. The van der Waals surface area contributed by atoms with E-state index in [4.69, 9.17) is 0 Å². The fourth-order valence-corrected chi connectivity index (χ4v) is 2.03. The Morgan fingerprint density at radius 2 is 1.50 bits per heavy atom. The minimum absolute atomic E-state index is 0.000521. The molecule has 0 aliphatic carbocycles. The highest BCUT2D eigenvalue weighted by atomic mass is 16.5. The zero-order chi connectivity index (χ0) is 15.5. The summed E-state index contributed by atoms with van der Waals surface area (Å²) in [5.74, 6) is -0.172. The molecular weight excluding hydrogens is 262 g/mol. The van der Waals surface area contributed by atoms with Crippen molar-refractivity contribution in [2.75, 3.05) is 33.9 Å². The van der Waals surface area contributed by atoms with E-state index in [1.54, 1.807) is 0 Å². The lowest BCUT2D eigenvalue weighted by molar-refractivity contribution is -0.141. The fourth-order valence-electron chi connectivity index (χ4n) is 2.03. The van der Waals surface area contributed by atoms with Crippen LogP contribution in [-0.4, -0.2) is 61.9 Å². The largest absolute Gasteiger partial charge is 0.469 e. The SMILES string of the molecule is COC(=O)CCN(CCC(=O)OC)[C@H](CO)CC(C)C. The summed E-state index contributed by atoms with van der Waals surface area (Å²) in [6.07, 6.45) is 1.29. The number of aliphatic hydroxyl groups excluding tert-OH is 1. The Balaban J connectivity index is 4.56. The molecule has 0 bridgehead atoms. The van der Waals surface area contributed by atoms with Gasteiger partial charge in [-0.2, -0.15) is 0 Å². The van der Waals surface area contributed by atoms with Crippen LogP contribution < -0.4 is 0 Å². The van der Waals surface area contributed by atoms with Gasteiger partial charge in [0.15, 0.2) is 0 Å². The molecule has 0 unspecified atom stereocenters. The van der Waals surface area contributed by atoms with Crippen molar-refractivity contribution >= 4 is 11.9 Å². The molecule has 0 amide bonds. The van der Waals surface area contributed by atoms with Gasteiger partial charge in [-0.25, -0.2) is 0 Å². The number of aliphatic hydroxyl groups is 1. The summed E-state index contributed by atoms with van der Waals surface area (Å²) < 4.78 is 9.24. The van der Waals surface area contributed by atoms with Crippen LogP contribution in [0, 0.1) is 5.92 Å². The molecule has 6 heteroatoms. The van der Waals surface area contributed by atoms with E-state index in [9.17, 15) is 14.7 Å². The molecule has 0 heterocycles. The molecule has 0 aliphatic heterocycles. The number of hydrogen-bond acceptors (Lipinski definition) is 6. The van der Waals surface area contributed by atoms with Crippen molar-refractivity contribution in [2.45, 2.75) is 39.2 Å². The molecule has 0 aromatic carbocycles. The maximum atomic E-state index is 11.2. The highest BCUT2D eigenvalue weighted by Crippen LogP contribution is 2.13. The van der Waals surface area contributed by atoms with Crippen LogP contribution in [0.1, 0.15) is 33.1 Å². The van der Waals surface area contributed by atoms with Crippen molar-refractivity contribution in [1.82, 2.24) is 4.90 Å². The first-order valence-electron chi connectivity index (χ1n) is 6.93. The third-order valence-corrected chi connectivity index (χ3v) is 3.13. The lowest BCUT2D eigenvalue weighted by Crippen LogP contribution is -2.41. The Morgan fingerprint density at radius 3 is 1.80 bits per heavy atom. The summed E-state index contributed by atoms with van der Waals surface area (Å²) in [6, 6.07) is -0.0655. The van der Waals surface area contributed by atoms with Crippen LogP contribution in [-0.2, 0) is 19.1 Å². The molecule has 1 atom stereocenters. The molecule has 1 N–H and O–H groups in total. The minimum Gasteiger partial charge on any atom is -0.469 e. The molecule has 0 fully saturated rings. The molecule has 0 spiro atoms. The predicted molar refractivity (Wildman–Crippen MR) is 75.2 cm³/mol. The second-order valence-corrected chi connectivity index (χ2v) is 5.15. The van der Waals surface area contributed by atoms with Crippen LogP contribution in [0.3, 0.4) is 0 Å². The van der Waals surface area contributed by atoms with E-state index in [2.05, 4.69) is 23.3 Å². The third kappa shape index (κ3) is 8.12. The van der Waals surface area contributed by atoms with Crippen molar-refractivity contribution in [3.63, 3.8) is 0 Å². The molecule has 20 heavy (non-hydrogen) atoms. The molecule has 0 aromatic heterocycles. The van der Waals surface area contributed by atoms with E-state index >= 15 is 0 Å². The van der Waals surface area contributed by atoms with Crippen LogP contribution in [0.25, 0.3) is 0 Å². The second kappa shape index (κ2) is 10.6. The average Bonchev–Trinajstić information content (AvgIpc) is 2.44. The number of esters is 2. The van der Waals surface area contributed by atoms with Gasteiger partial charge in [0, 0.05) is 19.1 Å². The normalized spacial score (nSPS) is 12.6. The number of methoxy groups -OCH3 is 2. The van der Waals surface area contributed by atoms with Gasteiger partial charge in [0.2, 0.25) is 0 Å². The molecule has 0 saturated carbocycles. The zero-order valence-electron chi connectivity index (χ0n) is 12.9. The van der Waals surface area contributed by atoms with Crippen molar-refractivity contribution in [3.05, 3.63) is 0 Å². The van der Waals surface area contributed by atoms with Gasteiger partial charge in [0.05, 0.1) is 33.7 Å². The first kappa shape index (κ1) is 18.9. The molecule has 0 radical (unpaired) electrons. The topological polar surface area (TPSA) is 76.1 Å². The van der Waals surface area contributed by atoms with Crippen LogP contribution >= 0.6 is 0 Å². The number of ether oxygens (including phenoxy) is 2. The molecule has 0 rings (SSSR count). The lowest BCUT2D eigenvalue weighted by atomic mass is 10.0.